The van der Waals surface area contributed by atoms with Crippen LogP contribution in [0.25, 0.3) is 6.08 Å². The van der Waals surface area contributed by atoms with Gasteiger partial charge in [-0.15, -0.1) is 0 Å². The Labute approximate surface area is 162 Å². The summed E-state index contributed by atoms with van der Waals surface area (Å²) in [6.45, 7) is 9.40. The van der Waals surface area contributed by atoms with Crippen LogP contribution in [-0.4, -0.2) is 6.61 Å². The van der Waals surface area contributed by atoms with E-state index in [0.717, 1.165) is 22.6 Å². The summed E-state index contributed by atoms with van der Waals surface area (Å²) in [5.74, 6) is 1.65. The molecule has 0 saturated carbocycles. The van der Waals surface area contributed by atoms with E-state index in [1.807, 2.05) is 54.6 Å². The van der Waals surface area contributed by atoms with Crippen molar-refractivity contribution in [2.75, 3.05) is 6.61 Å². The zero-order valence-corrected chi connectivity index (χ0v) is 16.0. The molecule has 0 atom stereocenters. The molecule has 0 radical (unpaired) electrons. The molecule has 3 aromatic rings. The average Bonchev–Trinajstić information content (AvgIpc) is 2.69. The Morgan fingerprint density at radius 1 is 0.852 bits per heavy atom. The summed E-state index contributed by atoms with van der Waals surface area (Å²) in [6, 6.07) is 26.3. The molecule has 0 aliphatic rings. The molecule has 138 valence electrons. The van der Waals surface area contributed by atoms with E-state index < -0.39 is 0 Å². The van der Waals surface area contributed by atoms with E-state index in [-0.39, 0.29) is 5.41 Å². The van der Waals surface area contributed by atoms with Crippen LogP contribution < -0.4 is 4.74 Å². The first-order valence-corrected chi connectivity index (χ1v) is 9.19. The Morgan fingerprint density at radius 3 is 2.26 bits per heavy atom. The maximum Gasteiger partial charge on any atom is 0.127 e. The Balaban J connectivity index is 1.58. The highest BCUT2D eigenvalue weighted by Crippen LogP contribution is 2.26. The van der Waals surface area contributed by atoms with Gasteiger partial charge in [0.05, 0.1) is 13.2 Å². The van der Waals surface area contributed by atoms with Crippen LogP contribution in [0, 0.1) is 0 Å². The lowest BCUT2D eigenvalue weighted by Gasteiger charge is -2.25. The summed E-state index contributed by atoms with van der Waals surface area (Å²) >= 11 is 0. The summed E-state index contributed by atoms with van der Waals surface area (Å²) in [5, 5.41) is 0. The molecule has 0 aromatic heterocycles. The highest BCUT2D eigenvalue weighted by atomic mass is 16.5. The van der Waals surface area contributed by atoms with Gasteiger partial charge in [-0.3, -0.25) is 0 Å². The minimum absolute atomic E-state index is 0.0577. The van der Waals surface area contributed by atoms with Gasteiger partial charge in [0.25, 0.3) is 0 Å². The second-order valence-corrected chi connectivity index (χ2v) is 7.27. The third-order valence-corrected chi connectivity index (χ3v) is 4.54. The van der Waals surface area contributed by atoms with Crippen molar-refractivity contribution in [1.82, 2.24) is 0 Å². The van der Waals surface area contributed by atoms with Crippen molar-refractivity contribution in [3.05, 3.63) is 102 Å². The number of benzene rings is 3. The molecule has 0 N–H and O–H groups in total. The molecule has 3 aromatic carbocycles. The molecular weight excluding hydrogens is 332 g/mol. The Bertz CT molecular complexity index is 864. The van der Waals surface area contributed by atoms with Crippen molar-refractivity contribution < 1.29 is 9.47 Å². The average molecular weight is 358 g/mol. The lowest BCUT2D eigenvalue weighted by molar-refractivity contribution is 0.0824. The molecule has 0 aliphatic carbocycles. The minimum Gasteiger partial charge on any atom is -0.457 e. The molecule has 0 unspecified atom stereocenters. The number of rotatable bonds is 8. The summed E-state index contributed by atoms with van der Waals surface area (Å²) in [4.78, 5) is 0. The Kier molecular flexibility index (Phi) is 6.10. The molecule has 0 saturated heterocycles. The summed E-state index contributed by atoms with van der Waals surface area (Å²) in [7, 11) is 0. The highest BCUT2D eigenvalue weighted by molar-refractivity contribution is 5.48. The SMILES string of the molecule is C=Cc1ccc(C(C)(C)COCc2cccc(Oc3ccccc3)c2)cc1. The molecule has 0 heterocycles. The normalized spacial score (nSPS) is 11.2. The first-order valence-electron chi connectivity index (χ1n) is 9.19. The van der Waals surface area contributed by atoms with Crippen molar-refractivity contribution in [2.24, 2.45) is 0 Å². The Hall–Kier alpha value is -2.84. The first kappa shape index (κ1) is 18.9. The van der Waals surface area contributed by atoms with Gasteiger partial charge in [0.1, 0.15) is 11.5 Å². The maximum atomic E-state index is 6.02. The molecule has 0 aliphatic heterocycles. The summed E-state index contributed by atoms with van der Waals surface area (Å²) in [6.07, 6.45) is 1.86. The van der Waals surface area contributed by atoms with Crippen LogP contribution in [0.4, 0.5) is 0 Å². The molecule has 2 nitrogen and oxygen atoms in total. The van der Waals surface area contributed by atoms with Crippen LogP contribution in [-0.2, 0) is 16.8 Å². The van der Waals surface area contributed by atoms with Gasteiger partial charge in [-0.2, -0.15) is 0 Å². The van der Waals surface area contributed by atoms with E-state index in [0.29, 0.717) is 13.2 Å². The zero-order chi connectivity index (χ0) is 19.1. The van der Waals surface area contributed by atoms with Gasteiger partial charge in [0, 0.05) is 5.41 Å². The van der Waals surface area contributed by atoms with E-state index in [9.17, 15) is 0 Å². The van der Waals surface area contributed by atoms with Gasteiger partial charge in [0.2, 0.25) is 0 Å². The van der Waals surface area contributed by atoms with Crippen LogP contribution in [0.5, 0.6) is 11.5 Å². The highest BCUT2D eigenvalue weighted by Gasteiger charge is 2.20. The molecule has 3 rings (SSSR count). The Morgan fingerprint density at radius 2 is 1.56 bits per heavy atom. The molecule has 0 bridgehead atoms. The van der Waals surface area contributed by atoms with E-state index in [2.05, 4.69) is 50.8 Å². The van der Waals surface area contributed by atoms with E-state index in [4.69, 9.17) is 9.47 Å². The quantitative estimate of drug-likeness (QED) is 0.451. The number of hydrogen-bond donors (Lipinski definition) is 0. The van der Waals surface area contributed by atoms with Crippen molar-refractivity contribution >= 4 is 6.08 Å². The number of para-hydroxylation sites is 1. The van der Waals surface area contributed by atoms with Crippen molar-refractivity contribution in [1.29, 1.82) is 0 Å². The fraction of sp³-hybridized carbons (Fsp3) is 0.200. The lowest BCUT2D eigenvalue weighted by atomic mass is 9.85. The molecular formula is C25H26O2. The van der Waals surface area contributed by atoms with Crippen LogP contribution >= 0.6 is 0 Å². The molecule has 2 heteroatoms. The largest absolute Gasteiger partial charge is 0.457 e. The number of ether oxygens (including phenoxy) is 2. The predicted molar refractivity (Wildman–Crippen MR) is 112 cm³/mol. The molecule has 0 spiro atoms. The molecule has 27 heavy (non-hydrogen) atoms. The van der Waals surface area contributed by atoms with Crippen LogP contribution in [0.15, 0.2) is 85.4 Å². The minimum atomic E-state index is -0.0577. The molecule has 0 fully saturated rings. The van der Waals surface area contributed by atoms with Crippen molar-refractivity contribution in [2.45, 2.75) is 25.9 Å². The zero-order valence-electron chi connectivity index (χ0n) is 16.0. The van der Waals surface area contributed by atoms with E-state index >= 15 is 0 Å². The summed E-state index contributed by atoms with van der Waals surface area (Å²) < 4.78 is 11.9. The fourth-order valence-corrected chi connectivity index (χ4v) is 2.90. The van der Waals surface area contributed by atoms with Gasteiger partial charge >= 0.3 is 0 Å². The van der Waals surface area contributed by atoms with Crippen LogP contribution in [0.3, 0.4) is 0 Å². The number of hydrogen-bond acceptors (Lipinski definition) is 2. The smallest absolute Gasteiger partial charge is 0.127 e. The summed E-state index contributed by atoms with van der Waals surface area (Å²) in [5.41, 5.74) is 3.43. The van der Waals surface area contributed by atoms with Crippen molar-refractivity contribution in [3.8, 4) is 11.5 Å². The van der Waals surface area contributed by atoms with Gasteiger partial charge in [-0.1, -0.05) is 81.1 Å². The topological polar surface area (TPSA) is 18.5 Å². The fourth-order valence-electron chi connectivity index (χ4n) is 2.90. The third kappa shape index (κ3) is 5.32. The van der Waals surface area contributed by atoms with Gasteiger partial charge < -0.3 is 9.47 Å². The van der Waals surface area contributed by atoms with Crippen LogP contribution in [0.1, 0.15) is 30.5 Å². The van der Waals surface area contributed by atoms with E-state index in [1.165, 1.54) is 5.56 Å². The van der Waals surface area contributed by atoms with Crippen LogP contribution in [0.2, 0.25) is 0 Å². The second kappa shape index (κ2) is 8.70. The molecule has 0 amide bonds. The predicted octanol–water partition coefficient (Wildman–Crippen LogP) is 6.62. The van der Waals surface area contributed by atoms with Gasteiger partial charge in [-0.05, 0) is 41.0 Å². The second-order valence-electron chi connectivity index (χ2n) is 7.27. The van der Waals surface area contributed by atoms with Crippen molar-refractivity contribution in [3.63, 3.8) is 0 Å². The monoisotopic (exact) mass is 358 g/mol. The maximum absolute atomic E-state index is 6.02. The first-order chi connectivity index (χ1) is 13.1. The standard InChI is InChI=1S/C25H26O2/c1-4-20-13-15-22(16-14-20)25(2,3)19-26-18-21-9-8-12-24(17-21)27-23-10-6-5-7-11-23/h4-17H,1,18-19H2,2-3H3. The lowest BCUT2D eigenvalue weighted by Crippen LogP contribution is -2.24. The van der Waals surface area contributed by atoms with Gasteiger partial charge in [0.15, 0.2) is 0 Å². The van der Waals surface area contributed by atoms with E-state index in [1.54, 1.807) is 0 Å². The third-order valence-electron chi connectivity index (χ3n) is 4.54. The van der Waals surface area contributed by atoms with Gasteiger partial charge in [-0.25, -0.2) is 0 Å².